The summed E-state index contributed by atoms with van der Waals surface area (Å²) in [6.07, 6.45) is 16.4. The summed E-state index contributed by atoms with van der Waals surface area (Å²) >= 11 is 0. The Morgan fingerprint density at radius 3 is 3.00 bits per heavy atom. The molecule has 1 saturated carbocycles. The number of allylic oxidation sites excluding steroid dienone is 4. The van der Waals surface area contributed by atoms with Gasteiger partial charge in [0, 0.05) is 37.6 Å². The zero-order valence-corrected chi connectivity index (χ0v) is 22.2. The van der Waals surface area contributed by atoms with Crippen molar-refractivity contribution in [2.45, 2.75) is 76.1 Å². The summed E-state index contributed by atoms with van der Waals surface area (Å²) in [5.74, 6) is -0.0125. The van der Waals surface area contributed by atoms with E-state index >= 15 is 0 Å². The summed E-state index contributed by atoms with van der Waals surface area (Å²) in [6.45, 7) is 4.85. The summed E-state index contributed by atoms with van der Waals surface area (Å²) in [4.78, 5) is 21.0. The predicted octanol–water partition coefficient (Wildman–Crippen LogP) is 4.34. The van der Waals surface area contributed by atoms with Crippen LogP contribution in [-0.4, -0.2) is 66.5 Å². The number of carbonyl (C=O) groups is 1. The monoisotopic (exact) mass is 514 g/mol. The Balaban J connectivity index is 1.30. The normalized spacial score (nSPS) is 26.1. The van der Waals surface area contributed by atoms with Crippen LogP contribution in [0.4, 0.5) is 0 Å². The number of hydrogen-bond donors (Lipinski definition) is 2. The number of aromatic nitrogens is 4. The Bertz CT molecular complexity index is 1370. The van der Waals surface area contributed by atoms with Crippen LogP contribution in [0.3, 0.4) is 0 Å². The van der Waals surface area contributed by atoms with E-state index in [1.165, 1.54) is 0 Å². The Morgan fingerprint density at radius 1 is 1.26 bits per heavy atom. The molecule has 3 aromatic rings. The first kappa shape index (κ1) is 25.1. The van der Waals surface area contributed by atoms with E-state index in [0.717, 1.165) is 86.7 Å². The fraction of sp³-hybridized carbons (Fsp3) is 0.500. The fourth-order valence-corrected chi connectivity index (χ4v) is 6.51. The van der Waals surface area contributed by atoms with Gasteiger partial charge in [0.1, 0.15) is 0 Å². The maximum Gasteiger partial charge on any atom is 0.275 e. The smallest absolute Gasteiger partial charge is 0.275 e. The number of imidazole rings is 1. The second kappa shape index (κ2) is 10.5. The van der Waals surface area contributed by atoms with Crippen LogP contribution in [0.15, 0.2) is 55.0 Å². The predicted molar refractivity (Wildman–Crippen MR) is 149 cm³/mol. The van der Waals surface area contributed by atoms with Gasteiger partial charge in [-0.15, -0.1) is 0 Å². The van der Waals surface area contributed by atoms with Crippen LogP contribution < -0.4 is 5.32 Å². The first-order chi connectivity index (χ1) is 18.5. The number of aryl methyl sites for hydroxylation is 1. The molecular weight excluding hydrogens is 476 g/mol. The highest BCUT2D eigenvalue weighted by molar-refractivity contribution is 5.97. The first-order valence-electron chi connectivity index (χ1n) is 14.1. The van der Waals surface area contributed by atoms with Crippen molar-refractivity contribution < 1.29 is 9.90 Å². The molecule has 38 heavy (non-hydrogen) atoms. The second-order valence-electron chi connectivity index (χ2n) is 11.2. The molecule has 0 spiro atoms. The highest BCUT2D eigenvalue weighted by Gasteiger charge is 2.39. The molecule has 0 bridgehead atoms. The third-order valence-corrected chi connectivity index (χ3v) is 8.61. The van der Waals surface area contributed by atoms with Gasteiger partial charge >= 0.3 is 0 Å². The number of nitrogens with one attached hydrogen (secondary N) is 1. The molecule has 3 heterocycles. The molecule has 3 atom stereocenters. The van der Waals surface area contributed by atoms with Crippen molar-refractivity contribution in [3.63, 3.8) is 0 Å². The molecule has 1 aliphatic heterocycles. The minimum absolute atomic E-state index is 0.0125. The zero-order valence-electron chi connectivity index (χ0n) is 22.2. The molecule has 1 aromatic carbocycles. The number of piperazine rings is 1. The molecule has 2 aliphatic carbocycles. The average molecular weight is 515 g/mol. The van der Waals surface area contributed by atoms with Crippen LogP contribution >= 0.6 is 0 Å². The molecule has 0 radical (unpaired) electrons. The van der Waals surface area contributed by atoms with Gasteiger partial charge in [-0.3, -0.25) is 9.48 Å². The molecule has 8 nitrogen and oxygen atoms in total. The van der Waals surface area contributed by atoms with Crippen LogP contribution in [0, 0.1) is 0 Å². The second-order valence-corrected chi connectivity index (χ2v) is 11.2. The van der Waals surface area contributed by atoms with Gasteiger partial charge in [-0.05, 0) is 50.7 Å². The lowest BCUT2D eigenvalue weighted by Gasteiger charge is -2.39. The lowest BCUT2D eigenvalue weighted by Crippen LogP contribution is -2.54. The molecule has 200 valence electrons. The van der Waals surface area contributed by atoms with Gasteiger partial charge < -0.3 is 19.9 Å². The van der Waals surface area contributed by atoms with Crippen LogP contribution in [0.5, 0.6) is 0 Å². The summed E-state index contributed by atoms with van der Waals surface area (Å²) < 4.78 is 4.15. The number of nitrogens with zero attached hydrogens (tertiary/aromatic N) is 5. The number of rotatable bonds is 6. The lowest BCUT2D eigenvalue weighted by atomic mass is 9.81. The molecule has 0 unspecified atom stereocenters. The molecular formula is C30H38N6O2. The van der Waals surface area contributed by atoms with Gasteiger partial charge in [-0.25, -0.2) is 4.98 Å². The third kappa shape index (κ3) is 4.71. The maximum absolute atomic E-state index is 14.2. The molecule has 2 fully saturated rings. The summed E-state index contributed by atoms with van der Waals surface area (Å²) in [6, 6.07) is 8.20. The molecule has 2 aromatic heterocycles. The first-order valence-corrected chi connectivity index (χ1v) is 14.1. The third-order valence-electron chi connectivity index (χ3n) is 8.61. The van der Waals surface area contributed by atoms with Crippen molar-refractivity contribution in [2.24, 2.45) is 0 Å². The van der Waals surface area contributed by atoms with Crippen molar-refractivity contribution in [2.75, 3.05) is 19.6 Å². The minimum atomic E-state index is -0.816. The van der Waals surface area contributed by atoms with Crippen molar-refractivity contribution in [3.05, 3.63) is 66.4 Å². The van der Waals surface area contributed by atoms with E-state index in [4.69, 9.17) is 4.98 Å². The highest BCUT2D eigenvalue weighted by Crippen LogP contribution is 2.40. The van der Waals surface area contributed by atoms with Gasteiger partial charge in [-0.2, -0.15) is 5.10 Å². The molecule has 2 N–H and O–H groups in total. The Morgan fingerprint density at radius 2 is 2.16 bits per heavy atom. The number of benzene rings is 1. The quantitative estimate of drug-likeness (QED) is 0.511. The van der Waals surface area contributed by atoms with E-state index in [2.05, 4.69) is 45.3 Å². The van der Waals surface area contributed by atoms with Gasteiger partial charge in [-0.1, -0.05) is 49.3 Å². The number of carbonyl (C=O) groups excluding carboxylic acids is 1. The number of hydrogen-bond acceptors (Lipinski definition) is 5. The Kier molecular flexibility index (Phi) is 6.93. The molecule has 3 aliphatic rings. The van der Waals surface area contributed by atoms with Gasteiger partial charge in [0.05, 0.1) is 35.4 Å². The van der Waals surface area contributed by atoms with Gasteiger partial charge in [0.2, 0.25) is 0 Å². The fourth-order valence-electron chi connectivity index (χ4n) is 6.51. The highest BCUT2D eigenvalue weighted by atomic mass is 16.3. The number of fused-ring (bicyclic) bond motifs is 1. The van der Waals surface area contributed by atoms with E-state index in [0.29, 0.717) is 12.2 Å². The van der Waals surface area contributed by atoms with E-state index in [1.807, 2.05) is 34.8 Å². The summed E-state index contributed by atoms with van der Waals surface area (Å²) in [5.41, 5.74) is 2.84. The lowest BCUT2D eigenvalue weighted by molar-refractivity contribution is -0.0252. The number of para-hydroxylation sites is 1. The van der Waals surface area contributed by atoms with Crippen LogP contribution in [0.1, 0.15) is 74.1 Å². The van der Waals surface area contributed by atoms with Crippen LogP contribution in [0.2, 0.25) is 0 Å². The molecule has 6 rings (SSSR count). The van der Waals surface area contributed by atoms with Crippen LogP contribution in [-0.2, 0) is 6.54 Å². The average Bonchev–Trinajstić information content (AvgIpc) is 3.56. The minimum Gasteiger partial charge on any atom is -0.388 e. The molecule has 8 heteroatoms. The molecule has 1 amide bonds. The van der Waals surface area contributed by atoms with Gasteiger partial charge in [0.15, 0.2) is 5.69 Å². The van der Waals surface area contributed by atoms with E-state index < -0.39 is 5.60 Å². The van der Waals surface area contributed by atoms with Crippen molar-refractivity contribution in [3.8, 4) is 0 Å². The van der Waals surface area contributed by atoms with Crippen LogP contribution in [0.25, 0.3) is 16.5 Å². The van der Waals surface area contributed by atoms with Gasteiger partial charge in [0.25, 0.3) is 5.91 Å². The Labute approximate surface area is 224 Å². The largest absolute Gasteiger partial charge is 0.388 e. The number of aliphatic hydroxyl groups is 1. The molecule has 1 saturated heterocycles. The van der Waals surface area contributed by atoms with Crippen molar-refractivity contribution >= 4 is 22.4 Å². The van der Waals surface area contributed by atoms with Crippen molar-refractivity contribution in [1.29, 1.82) is 0 Å². The van der Waals surface area contributed by atoms with Crippen molar-refractivity contribution in [1.82, 2.24) is 29.5 Å². The number of amides is 1. The zero-order chi connectivity index (χ0) is 26.1. The topological polar surface area (TPSA) is 88.2 Å². The SMILES string of the molecule is C[C@]1(O)CCCC[C@H]1n1cnc(C(=O)N2CCNC[C@H]2CCn2ncc3ccccc32)c1C1=CC=CCC1. The van der Waals surface area contributed by atoms with E-state index in [-0.39, 0.29) is 18.0 Å². The maximum atomic E-state index is 14.2. The Hall–Kier alpha value is -3.23. The van der Waals surface area contributed by atoms with E-state index in [1.54, 1.807) is 6.33 Å². The summed E-state index contributed by atoms with van der Waals surface area (Å²) in [5, 5.41) is 20.5. The van der Waals surface area contributed by atoms with E-state index in [9.17, 15) is 9.90 Å². The summed E-state index contributed by atoms with van der Waals surface area (Å²) in [7, 11) is 0. The standard InChI is InChI=1S/C30H38N6O2/c1-30(38)15-8-7-13-26(30)35-21-32-27(28(35)22-9-3-2-4-10-22)29(37)34-18-16-31-20-24(34)14-17-36-25-12-6-5-11-23(25)19-33-36/h2-3,5-6,9,11-12,19,21,24,26,31,38H,4,7-8,10,13-18,20H2,1H3/t24-,26-,30+/m1/s1.